The van der Waals surface area contributed by atoms with Crippen molar-refractivity contribution >= 4 is 28.6 Å². The Morgan fingerprint density at radius 1 is 1.24 bits per heavy atom. The minimum Gasteiger partial charge on any atom is -0.338 e. The first-order chi connectivity index (χ1) is 12.2. The number of pyridine rings is 1. The van der Waals surface area contributed by atoms with Crippen LogP contribution in [0.4, 0.5) is 11.5 Å². The molecular weight excluding hydrogens is 338 g/mol. The van der Waals surface area contributed by atoms with Gasteiger partial charge in [-0.05, 0) is 49.7 Å². The summed E-state index contributed by atoms with van der Waals surface area (Å²) in [5, 5.41) is 8.08. The number of nitrogens with two attached hydrogens (primary N) is 1. The molecule has 0 amide bonds. The van der Waals surface area contributed by atoms with Gasteiger partial charge in [0, 0.05) is 30.7 Å². The maximum Gasteiger partial charge on any atom is 0.158 e. The molecule has 0 spiro atoms. The van der Waals surface area contributed by atoms with Crippen molar-refractivity contribution < 1.29 is 0 Å². The number of fused-ring (bicyclic) bond motifs is 1. The van der Waals surface area contributed by atoms with Crippen LogP contribution in [0.3, 0.4) is 0 Å². The number of nitrogens with zero attached hydrogens (tertiary/aromatic N) is 5. The van der Waals surface area contributed by atoms with Crippen LogP contribution in [0, 0.1) is 0 Å². The zero-order valence-corrected chi connectivity index (χ0v) is 14.5. The number of aromatic nitrogens is 4. The van der Waals surface area contributed by atoms with Crippen LogP contribution >= 0.6 is 11.6 Å². The second-order valence-electron chi connectivity index (χ2n) is 6.35. The zero-order chi connectivity index (χ0) is 17.2. The van der Waals surface area contributed by atoms with Gasteiger partial charge in [-0.15, -0.1) is 0 Å². The molecule has 1 saturated heterocycles. The predicted molar refractivity (Wildman–Crippen MR) is 98.0 cm³/mol. The van der Waals surface area contributed by atoms with Gasteiger partial charge >= 0.3 is 0 Å². The van der Waals surface area contributed by atoms with Crippen LogP contribution < -0.4 is 11.1 Å². The van der Waals surface area contributed by atoms with Crippen LogP contribution in [0.25, 0.3) is 5.52 Å². The molecule has 0 aromatic carbocycles. The normalized spacial score (nSPS) is 16.4. The number of halogens is 1. The Bertz CT molecular complexity index is 870. The molecule has 0 unspecified atom stereocenters. The Kier molecular flexibility index (Phi) is 4.52. The van der Waals surface area contributed by atoms with Crippen molar-refractivity contribution in [2.75, 3.05) is 18.4 Å². The summed E-state index contributed by atoms with van der Waals surface area (Å²) in [6.07, 6.45) is 7.26. The first-order valence-electron chi connectivity index (χ1n) is 8.37. The number of anilines is 2. The summed E-state index contributed by atoms with van der Waals surface area (Å²) < 4.78 is 1.85. The van der Waals surface area contributed by atoms with Gasteiger partial charge in [0.1, 0.15) is 17.0 Å². The van der Waals surface area contributed by atoms with Gasteiger partial charge < -0.3 is 11.1 Å². The Hall–Kier alpha value is -2.22. The average molecular weight is 358 g/mol. The fourth-order valence-electron chi connectivity index (χ4n) is 3.21. The molecule has 3 N–H and O–H groups in total. The number of hydrogen-bond donors (Lipinski definition) is 2. The lowest BCUT2D eigenvalue weighted by Crippen LogP contribution is -2.39. The monoisotopic (exact) mass is 357 g/mol. The third-order valence-corrected chi connectivity index (χ3v) is 4.76. The maximum atomic E-state index is 6.01. The summed E-state index contributed by atoms with van der Waals surface area (Å²) in [7, 11) is 0. The highest BCUT2D eigenvalue weighted by Gasteiger charge is 2.18. The Morgan fingerprint density at radius 3 is 2.88 bits per heavy atom. The molecule has 8 heteroatoms. The third-order valence-electron chi connectivity index (χ3n) is 4.55. The molecule has 4 rings (SSSR count). The predicted octanol–water partition coefficient (Wildman–Crippen LogP) is 2.44. The van der Waals surface area contributed by atoms with Crippen LogP contribution in [-0.4, -0.2) is 43.6 Å². The second kappa shape index (κ2) is 6.95. The van der Waals surface area contributed by atoms with Crippen LogP contribution in [0.5, 0.6) is 0 Å². The fraction of sp³-hybridized carbons (Fsp3) is 0.353. The Morgan fingerprint density at radius 2 is 2.08 bits per heavy atom. The molecule has 3 aromatic heterocycles. The quantitative estimate of drug-likeness (QED) is 0.698. The molecule has 0 saturated carbocycles. The Balaban J connectivity index is 1.62. The van der Waals surface area contributed by atoms with Crippen molar-refractivity contribution in [1.82, 2.24) is 24.5 Å². The van der Waals surface area contributed by atoms with Crippen LogP contribution in [-0.2, 0) is 6.54 Å². The number of nitrogens with one attached hydrogen (secondary N) is 1. The number of hydrogen-bond acceptors (Lipinski definition) is 6. The minimum atomic E-state index is 0.332. The first-order valence-corrected chi connectivity index (χ1v) is 8.74. The summed E-state index contributed by atoms with van der Waals surface area (Å²) >= 11 is 5.97. The van der Waals surface area contributed by atoms with Crippen molar-refractivity contribution in [3.8, 4) is 0 Å². The highest BCUT2D eigenvalue weighted by molar-refractivity contribution is 6.29. The van der Waals surface area contributed by atoms with Crippen molar-refractivity contribution in [1.29, 1.82) is 0 Å². The lowest BCUT2D eigenvalue weighted by molar-refractivity contribution is 0.206. The average Bonchev–Trinajstić information content (AvgIpc) is 3.01. The van der Waals surface area contributed by atoms with Gasteiger partial charge in [0.15, 0.2) is 5.82 Å². The molecule has 1 aliphatic rings. The van der Waals surface area contributed by atoms with Gasteiger partial charge in [0.05, 0.1) is 0 Å². The van der Waals surface area contributed by atoms with E-state index in [-0.39, 0.29) is 0 Å². The Labute approximate surface area is 150 Å². The van der Waals surface area contributed by atoms with Gasteiger partial charge in [0.2, 0.25) is 0 Å². The standard InChI is InChI=1S/C17H20ClN7/c18-15-9-14(1-5-20-15)23-17-16-12(2-8-25(16)22-11-21-17)10-24-6-3-13(19)4-7-24/h1-2,5,8-9,11,13H,3-4,6-7,10,19H2,(H,20,21,22,23). The minimum absolute atomic E-state index is 0.332. The van der Waals surface area contributed by atoms with E-state index in [0.717, 1.165) is 49.5 Å². The van der Waals surface area contributed by atoms with E-state index in [1.807, 2.05) is 16.8 Å². The van der Waals surface area contributed by atoms with Gasteiger partial charge in [0.25, 0.3) is 0 Å². The maximum absolute atomic E-state index is 6.01. The summed E-state index contributed by atoms with van der Waals surface area (Å²) in [6, 6.07) is 6.07. The molecule has 130 valence electrons. The number of likely N-dealkylation sites (tertiary alicyclic amines) is 1. The van der Waals surface area contributed by atoms with Crippen molar-refractivity contribution in [3.05, 3.63) is 47.6 Å². The van der Waals surface area contributed by atoms with E-state index in [4.69, 9.17) is 17.3 Å². The molecule has 25 heavy (non-hydrogen) atoms. The largest absolute Gasteiger partial charge is 0.338 e. The van der Waals surface area contributed by atoms with Crippen LogP contribution in [0.2, 0.25) is 5.15 Å². The van der Waals surface area contributed by atoms with Gasteiger partial charge in [-0.25, -0.2) is 14.5 Å². The topological polar surface area (TPSA) is 84.4 Å². The van der Waals surface area contributed by atoms with Gasteiger partial charge in [-0.2, -0.15) is 5.10 Å². The SMILES string of the molecule is NC1CCN(Cc2ccn3ncnc(Nc4ccnc(Cl)c4)c23)CC1. The van der Waals surface area contributed by atoms with Crippen molar-refractivity contribution in [2.45, 2.75) is 25.4 Å². The summed E-state index contributed by atoms with van der Waals surface area (Å²) in [5.41, 5.74) is 9.02. The summed E-state index contributed by atoms with van der Waals surface area (Å²) in [5.74, 6) is 0.756. The molecule has 4 heterocycles. The number of piperidine rings is 1. The molecule has 3 aromatic rings. The molecule has 0 radical (unpaired) electrons. The van der Waals surface area contributed by atoms with E-state index in [0.29, 0.717) is 11.2 Å². The summed E-state index contributed by atoms with van der Waals surface area (Å²) in [4.78, 5) is 10.9. The lowest BCUT2D eigenvalue weighted by atomic mass is 10.1. The third kappa shape index (κ3) is 3.58. The summed E-state index contributed by atoms with van der Waals surface area (Å²) in [6.45, 7) is 2.91. The molecular formula is C17H20ClN7. The molecule has 7 nitrogen and oxygen atoms in total. The van der Waals surface area contributed by atoms with Gasteiger partial charge in [-0.1, -0.05) is 11.6 Å². The highest BCUT2D eigenvalue weighted by atomic mass is 35.5. The van der Waals surface area contributed by atoms with E-state index in [1.54, 1.807) is 18.6 Å². The van der Waals surface area contributed by atoms with E-state index in [2.05, 4.69) is 31.3 Å². The second-order valence-corrected chi connectivity index (χ2v) is 6.74. The molecule has 0 aliphatic carbocycles. The van der Waals surface area contributed by atoms with Gasteiger partial charge in [-0.3, -0.25) is 4.90 Å². The van der Waals surface area contributed by atoms with E-state index in [9.17, 15) is 0 Å². The molecule has 1 aliphatic heterocycles. The first kappa shape index (κ1) is 16.3. The lowest BCUT2D eigenvalue weighted by Gasteiger charge is -2.29. The van der Waals surface area contributed by atoms with E-state index in [1.165, 1.54) is 5.56 Å². The van der Waals surface area contributed by atoms with Crippen molar-refractivity contribution in [2.24, 2.45) is 5.73 Å². The van der Waals surface area contributed by atoms with E-state index < -0.39 is 0 Å². The molecule has 1 fully saturated rings. The number of rotatable bonds is 4. The van der Waals surface area contributed by atoms with Crippen molar-refractivity contribution in [3.63, 3.8) is 0 Å². The van der Waals surface area contributed by atoms with Crippen LogP contribution in [0.15, 0.2) is 36.9 Å². The zero-order valence-electron chi connectivity index (χ0n) is 13.8. The van der Waals surface area contributed by atoms with Crippen LogP contribution in [0.1, 0.15) is 18.4 Å². The fourth-order valence-corrected chi connectivity index (χ4v) is 3.38. The molecule has 0 bridgehead atoms. The highest BCUT2D eigenvalue weighted by Crippen LogP contribution is 2.25. The van der Waals surface area contributed by atoms with E-state index >= 15 is 0 Å². The molecule has 0 atom stereocenters. The smallest absolute Gasteiger partial charge is 0.158 e.